The van der Waals surface area contributed by atoms with E-state index in [0.29, 0.717) is 0 Å². The molecule has 0 aliphatic heterocycles. The second kappa shape index (κ2) is 8.02. The van der Waals surface area contributed by atoms with Crippen LogP contribution in [0.25, 0.3) is 0 Å². The number of carbonyl (C=O) groups is 3. The van der Waals surface area contributed by atoms with Crippen LogP contribution in [0.4, 0.5) is 11.4 Å². The van der Waals surface area contributed by atoms with E-state index < -0.39 is 22.8 Å². The van der Waals surface area contributed by atoms with Gasteiger partial charge >= 0.3 is 5.97 Å². The number of rotatable bonds is 7. The Hall–Kier alpha value is -2.77. The fraction of sp³-hybridized carbons (Fsp3) is 0.400. The number of hydrogen-bond donors (Lipinski definition) is 0. The molecule has 0 heterocycles. The molecule has 0 radical (unpaired) electrons. The van der Waals surface area contributed by atoms with Gasteiger partial charge in [0.1, 0.15) is 11.8 Å². The van der Waals surface area contributed by atoms with Crippen LogP contribution in [0.5, 0.6) is 0 Å². The van der Waals surface area contributed by atoms with Crippen molar-refractivity contribution in [1.82, 2.24) is 0 Å². The van der Waals surface area contributed by atoms with E-state index in [0.717, 1.165) is 4.90 Å². The number of ketones is 1. The zero-order valence-electron chi connectivity index (χ0n) is 13.1. The van der Waals surface area contributed by atoms with Gasteiger partial charge < -0.3 is 4.74 Å². The summed E-state index contributed by atoms with van der Waals surface area (Å²) in [5, 5.41) is 10.7. The Kier molecular flexibility index (Phi) is 6.37. The standard InChI is InChI=1S/C15H18N2O6/c1-4-23-15(20)14(9-10(2)18)16(11(3)19)12-5-7-13(8-6-12)17(21)22/h5-8,14H,4,9H2,1-3H3. The second-order valence-corrected chi connectivity index (χ2v) is 4.84. The Morgan fingerprint density at radius 2 is 1.78 bits per heavy atom. The summed E-state index contributed by atoms with van der Waals surface area (Å²) in [6.45, 7) is 4.28. The van der Waals surface area contributed by atoms with Gasteiger partial charge in [-0.2, -0.15) is 0 Å². The molecule has 1 aromatic carbocycles. The molecular weight excluding hydrogens is 304 g/mol. The number of carbonyl (C=O) groups excluding carboxylic acids is 3. The van der Waals surface area contributed by atoms with Gasteiger partial charge in [-0.3, -0.25) is 24.6 Å². The lowest BCUT2D eigenvalue weighted by molar-refractivity contribution is -0.384. The van der Waals surface area contributed by atoms with E-state index in [1.807, 2.05) is 0 Å². The first-order valence-corrected chi connectivity index (χ1v) is 6.98. The van der Waals surface area contributed by atoms with E-state index in [1.165, 1.54) is 38.1 Å². The van der Waals surface area contributed by atoms with Crippen molar-refractivity contribution >= 4 is 29.0 Å². The summed E-state index contributed by atoms with van der Waals surface area (Å²) in [4.78, 5) is 46.7. The van der Waals surface area contributed by atoms with Gasteiger partial charge in [0.15, 0.2) is 0 Å². The van der Waals surface area contributed by atoms with E-state index in [1.54, 1.807) is 6.92 Å². The summed E-state index contributed by atoms with van der Waals surface area (Å²) in [5.41, 5.74) is 0.138. The van der Waals surface area contributed by atoms with Gasteiger partial charge in [0.25, 0.3) is 5.69 Å². The molecule has 1 aromatic rings. The second-order valence-electron chi connectivity index (χ2n) is 4.84. The molecule has 0 saturated carbocycles. The summed E-state index contributed by atoms with van der Waals surface area (Å²) >= 11 is 0. The molecule has 8 heteroatoms. The Morgan fingerprint density at radius 3 is 2.17 bits per heavy atom. The van der Waals surface area contributed by atoms with Gasteiger partial charge in [-0.25, -0.2) is 4.79 Å². The number of amides is 1. The summed E-state index contributed by atoms with van der Waals surface area (Å²) in [6.07, 6.45) is -0.199. The van der Waals surface area contributed by atoms with Crippen LogP contribution in [0.15, 0.2) is 24.3 Å². The number of nitro groups is 1. The normalized spacial score (nSPS) is 11.4. The van der Waals surface area contributed by atoms with Crippen LogP contribution in [-0.2, 0) is 19.1 Å². The molecule has 124 valence electrons. The Labute approximate surface area is 133 Å². The smallest absolute Gasteiger partial charge is 0.329 e. The number of esters is 1. The molecule has 0 saturated heterocycles. The maximum Gasteiger partial charge on any atom is 0.329 e. The monoisotopic (exact) mass is 322 g/mol. The summed E-state index contributed by atoms with van der Waals surface area (Å²) in [7, 11) is 0. The zero-order chi connectivity index (χ0) is 17.6. The average molecular weight is 322 g/mol. The third-order valence-electron chi connectivity index (χ3n) is 3.03. The highest BCUT2D eigenvalue weighted by molar-refractivity contribution is 6.00. The highest BCUT2D eigenvalue weighted by Crippen LogP contribution is 2.23. The number of Topliss-reactive ketones (excluding diaryl/α,β-unsaturated/α-hetero) is 1. The molecule has 8 nitrogen and oxygen atoms in total. The van der Waals surface area contributed by atoms with Crippen molar-refractivity contribution in [3.05, 3.63) is 34.4 Å². The number of non-ortho nitro benzene ring substituents is 1. The largest absolute Gasteiger partial charge is 0.464 e. The van der Waals surface area contributed by atoms with Crippen LogP contribution >= 0.6 is 0 Å². The van der Waals surface area contributed by atoms with Crippen molar-refractivity contribution in [3.8, 4) is 0 Å². The molecule has 0 N–H and O–H groups in total. The first-order valence-electron chi connectivity index (χ1n) is 6.98. The maximum absolute atomic E-state index is 12.1. The Morgan fingerprint density at radius 1 is 1.22 bits per heavy atom. The van der Waals surface area contributed by atoms with E-state index in [9.17, 15) is 24.5 Å². The van der Waals surface area contributed by atoms with Gasteiger partial charge in [-0.15, -0.1) is 0 Å². The Balaban J connectivity index is 3.23. The fourth-order valence-corrected chi connectivity index (χ4v) is 2.11. The quantitative estimate of drug-likeness (QED) is 0.431. The van der Waals surface area contributed by atoms with E-state index in [4.69, 9.17) is 4.74 Å². The highest BCUT2D eigenvalue weighted by atomic mass is 16.6. The first kappa shape index (κ1) is 18.3. The average Bonchev–Trinajstić information content (AvgIpc) is 2.46. The molecule has 0 fully saturated rings. The van der Waals surface area contributed by atoms with Crippen molar-refractivity contribution in [2.45, 2.75) is 33.2 Å². The van der Waals surface area contributed by atoms with Crippen LogP contribution < -0.4 is 4.90 Å². The van der Waals surface area contributed by atoms with E-state index >= 15 is 0 Å². The van der Waals surface area contributed by atoms with Crippen LogP contribution in [0.2, 0.25) is 0 Å². The van der Waals surface area contributed by atoms with Crippen LogP contribution in [-0.4, -0.2) is 35.2 Å². The molecule has 0 aromatic heterocycles. The topological polar surface area (TPSA) is 107 Å². The lowest BCUT2D eigenvalue weighted by Gasteiger charge is -2.28. The molecular formula is C15H18N2O6. The third-order valence-corrected chi connectivity index (χ3v) is 3.03. The van der Waals surface area contributed by atoms with Crippen molar-refractivity contribution in [3.63, 3.8) is 0 Å². The Bertz CT molecular complexity index is 611. The predicted octanol–water partition coefficient (Wildman–Crippen LogP) is 1.86. The zero-order valence-corrected chi connectivity index (χ0v) is 13.1. The molecule has 0 aliphatic rings. The minimum atomic E-state index is -1.11. The molecule has 0 spiro atoms. The summed E-state index contributed by atoms with van der Waals surface area (Å²) in [6, 6.07) is 4.05. The summed E-state index contributed by atoms with van der Waals surface area (Å²) < 4.78 is 4.93. The molecule has 1 unspecified atom stereocenters. The van der Waals surface area contributed by atoms with E-state index in [-0.39, 0.29) is 30.2 Å². The van der Waals surface area contributed by atoms with Gasteiger partial charge in [-0.1, -0.05) is 0 Å². The number of hydrogen-bond acceptors (Lipinski definition) is 6. The highest BCUT2D eigenvalue weighted by Gasteiger charge is 2.31. The van der Waals surface area contributed by atoms with Crippen molar-refractivity contribution in [1.29, 1.82) is 0 Å². The molecule has 1 rings (SSSR count). The van der Waals surface area contributed by atoms with Crippen molar-refractivity contribution in [2.24, 2.45) is 0 Å². The van der Waals surface area contributed by atoms with Crippen LogP contribution in [0.1, 0.15) is 27.2 Å². The third kappa shape index (κ3) is 4.87. The van der Waals surface area contributed by atoms with E-state index in [2.05, 4.69) is 0 Å². The van der Waals surface area contributed by atoms with Gasteiger partial charge in [0.05, 0.1) is 11.5 Å². The molecule has 0 bridgehead atoms. The van der Waals surface area contributed by atoms with Crippen molar-refractivity contribution < 1.29 is 24.0 Å². The maximum atomic E-state index is 12.1. The fourth-order valence-electron chi connectivity index (χ4n) is 2.11. The van der Waals surface area contributed by atoms with Gasteiger partial charge in [0, 0.05) is 31.2 Å². The number of anilines is 1. The van der Waals surface area contributed by atoms with Crippen molar-refractivity contribution in [2.75, 3.05) is 11.5 Å². The van der Waals surface area contributed by atoms with Gasteiger partial charge in [0.2, 0.25) is 5.91 Å². The first-order chi connectivity index (χ1) is 10.8. The number of nitrogens with zero attached hydrogens (tertiary/aromatic N) is 2. The minimum Gasteiger partial charge on any atom is -0.464 e. The van der Waals surface area contributed by atoms with Gasteiger partial charge in [-0.05, 0) is 26.0 Å². The number of benzene rings is 1. The molecule has 1 atom stereocenters. The number of nitro benzene ring substituents is 1. The minimum absolute atomic E-state index is 0.110. The SMILES string of the molecule is CCOC(=O)C(CC(C)=O)N(C(C)=O)c1ccc([N+](=O)[O-])cc1. The molecule has 23 heavy (non-hydrogen) atoms. The van der Waals surface area contributed by atoms with Crippen LogP contribution in [0, 0.1) is 10.1 Å². The molecule has 1 amide bonds. The number of ether oxygens (including phenoxy) is 1. The molecule has 0 aliphatic carbocycles. The summed E-state index contributed by atoms with van der Waals surface area (Å²) in [5.74, 6) is -1.45. The predicted molar refractivity (Wildman–Crippen MR) is 82.0 cm³/mol. The lowest BCUT2D eigenvalue weighted by atomic mass is 10.1. The lowest BCUT2D eigenvalue weighted by Crippen LogP contribution is -2.46. The van der Waals surface area contributed by atoms with Crippen LogP contribution in [0.3, 0.4) is 0 Å².